The fourth-order valence-corrected chi connectivity index (χ4v) is 8.04. The predicted molar refractivity (Wildman–Crippen MR) is 303 cm³/mol. The average molecular weight is 1150 g/mol. The van der Waals surface area contributed by atoms with E-state index in [1.807, 2.05) is 60.9 Å². The molecular formula is C69H49EuN2O6. The third-order valence-corrected chi connectivity index (χ3v) is 11.9. The van der Waals surface area contributed by atoms with E-state index < -0.39 is 0 Å². The van der Waals surface area contributed by atoms with Crippen molar-refractivity contribution in [3.8, 4) is 22.3 Å². The van der Waals surface area contributed by atoms with Crippen molar-refractivity contribution in [1.29, 1.82) is 0 Å². The van der Waals surface area contributed by atoms with Crippen molar-refractivity contribution < 1.29 is 79.1 Å². The van der Waals surface area contributed by atoms with Crippen LogP contribution in [0.4, 0.5) is 0 Å². The van der Waals surface area contributed by atoms with E-state index in [4.69, 9.17) is 0 Å². The maximum Gasteiger partial charge on any atom is 3.00 e. The van der Waals surface area contributed by atoms with Crippen molar-refractivity contribution >= 4 is 56.4 Å². The van der Waals surface area contributed by atoms with Crippen molar-refractivity contribution in [2.75, 3.05) is 0 Å². The number of nitrogens with zero attached hydrogens (tertiary/aromatic N) is 2. The number of fused-ring (bicyclic) bond motifs is 3. The molecular weight excluding hydrogens is 1100 g/mol. The number of hydrogen-bond acceptors (Lipinski definition) is 8. The van der Waals surface area contributed by atoms with Gasteiger partial charge in [0.05, 0.1) is 11.0 Å². The van der Waals surface area contributed by atoms with Gasteiger partial charge >= 0.3 is 49.4 Å². The molecule has 0 aliphatic carbocycles. The van der Waals surface area contributed by atoms with E-state index in [1.165, 1.54) is 22.3 Å². The third-order valence-electron chi connectivity index (χ3n) is 11.9. The molecule has 0 unspecified atom stereocenters. The van der Waals surface area contributed by atoms with Crippen LogP contribution < -0.4 is 15.3 Å². The summed E-state index contributed by atoms with van der Waals surface area (Å²) >= 11 is 0. The van der Waals surface area contributed by atoms with Gasteiger partial charge in [-0.15, -0.1) is 0 Å². The summed E-state index contributed by atoms with van der Waals surface area (Å²) in [6.07, 6.45) is 7.14. The minimum absolute atomic E-state index is 0. The molecule has 0 bridgehead atoms. The van der Waals surface area contributed by atoms with E-state index in [0.29, 0.717) is 33.4 Å². The molecule has 0 radical (unpaired) electrons. The Labute approximate surface area is 494 Å². The van der Waals surface area contributed by atoms with Crippen LogP contribution in [-0.4, -0.2) is 27.3 Å². The summed E-state index contributed by atoms with van der Waals surface area (Å²) in [5.74, 6) is -1.59. The molecule has 378 valence electrons. The topological polar surface area (TPSA) is 146 Å². The number of ketones is 3. The van der Waals surface area contributed by atoms with Crippen LogP contribution in [0.15, 0.2) is 298 Å². The Hall–Kier alpha value is -8.99. The number of carbonyl (C=O) groups excluding carboxylic acids is 3. The van der Waals surface area contributed by atoms with Gasteiger partial charge < -0.3 is 15.3 Å². The SMILES string of the molecule is O=C(/C=C(\[O-])c1ccccc1)c1ccccc1.O=C(/C=C(\[O-])c1ccccc1)c1ccccc1.O=C(/C=C(\[O-])c1ccccc1)c1ccccc1.[Eu+3].c1ccc(-c2ccnc3c2ccc2c(-c4ccccc4)ccnc23)cc1. The predicted octanol–water partition coefficient (Wildman–Crippen LogP) is 12.9. The van der Waals surface area contributed by atoms with Gasteiger partial charge in [0, 0.05) is 39.9 Å². The van der Waals surface area contributed by atoms with Crippen LogP contribution in [0.25, 0.3) is 61.3 Å². The molecule has 0 fully saturated rings. The van der Waals surface area contributed by atoms with Crippen LogP contribution in [0, 0.1) is 49.4 Å². The molecule has 0 aliphatic rings. The first kappa shape index (κ1) is 56.7. The van der Waals surface area contributed by atoms with Crippen LogP contribution in [0.3, 0.4) is 0 Å². The van der Waals surface area contributed by atoms with Gasteiger partial charge in [-0.3, -0.25) is 24.4 Å². The second kappa shape index (κ2) is 29.4. The van der Waals surface area contributed by atoms with Crippen molar-refractivity contribution in [1.82, 2.24) is 9.97 Å². The number of benzene rings is 9. The zero-order valence-electron chi connectivity index (χ0n) is 42.0. The molecule has 2 aromatic heterocycles. The zero-order chi connectivity index (χ0) is 53.6. The van der Waals surface area contributed by atoms with Crippen LogP contribution in [0.2, 0.25) is 0 Å². The molecule has 0 atom stereocenters. The quantitative estimate of drug-likeness (QED) is 0.0538. The van der Waals surface area contributed by atoms with E-state index >= 15 is 0 Å². The summed E-state index contributed by atoms with van der Waals surface area (Å²) in [6, 6.07) is 81.9. The molecule has 78 heavy (non-hydrogen) atoms. The fourth-order valence-electron chi connectivity index (χ4n) is 8.04. The first-order chi connectivity index (χ1) is 37.7. The van der Waals surface area contributed by atoms with E-state index in [0.717, 1.165) is 40.0 Å². The molecule has 9 heteroatoms. The second-order valence-electron chi connectivity index (χ2n) is 17.1. The minimum atomic E-state index is -0.264. The number of pyridine rings is 2. The number of aromatic nitrogens is 2. The summed E-state index contributed by atoms with van der Waals surface area (Å²) in [5, 5.41) is 37.5. The standard InChI is InChI=1S/C24H16N2.3C15H12O2.Eu/c1-3-7-17(8-4-1)19-13-15-25-23-21(19)11-12-22-20(14-16-26-24(22)23)18-9-5-2-6-10-18;3*16-14(12-7-3-1-4-8-12)11-15(17)13-9-5-2-6-10-13;/h1-16H;3*1-11,16H;/q;;;;+3/p-3/b;3*14-11-;. The molecule has 0 N–H and O–H groups in total. The molecule has 9 aromatic carbocycles. The van der Waals surface area contributed by atoms with Gasteiger partial charge in [-0.25, -0.2) is 0 Å². The van der Waals surface area contributed by atoms with E-state index in [-0.39, 0.29) is 84.0 Å². The molecule has 11 aromatic rings. The Morgan fingerprint density at radius 2 is 0.500 bits per heavy atom. The van der Waals surface area contributed by atoms with Crippen LogP contribution in [-0.2, 0) is 0 Å². The Morgan fingerprint density at radius 1 is 0.282 bits per heavy atom. The summed E-state index contributed by atoms with van der Waals surface area (Å²) in [5.41, 5.74) is 9.80. The Bertz CT molecular complexity index is 3450. The molecule has 0 spiro atoms. The first-order valence-electron chi connectivity index (χ1n) is 24.6. The van der Waals surface area contributed by atoms with Crippen molar-refractivity contribution in [2.24, 2.45) is 0 Å². The van der Waals surface area contributed by atoms with Crippen LogP contribution in [0.1, 0.15) is 47.8 Å². The van der Waals surface area contributed by atoms with Gasteiger partial charge in [-0.05, 0) is 69.3 Å². The summed E-state index contributed by atoms with van der Waals surface area (Å²) in [6.45, 7) is 0. The monoisotopic (exact) mass is 1150 g/mol. The zero-order valence-corrected chi connectivity index (χ0v) is 44.4. The van der Waals surface area contributed by atoms with Gasteiger partial charge in [0.1, 0.15) is 0 Å². The molecule has 0 saturated carbocycles. The van der Waals surface area contributed by atoms with Gasteiger partial charge in [-0.2, -0.15) is 0 Å². The molecule has 0 saturated heterocycles. The molecule has 11 rings (SSSR count). The van der Waals surface area contributed by atoms with E-state index in [9.17, 15) is 29.7 Å². The number of carbonyl (C=O) groups is 3. The number of allylic oxidation sites excluding steroid dienone is 3. The summed E-state index contributed by atoms with van der Waals surface area (Å²) in [7, 11) is 0. The minimum Gasteiger partial charge on any atom is -0.872 e. The van der Waals surface area contributed by atoms with E-state index in [1.54, 1.807) is 146 Å². The van der Waals surface area contributed by atoms with Crippen molar-refractivity contribution in [2.45, 2.75) is 0 Å². The largest absolute Gasteiger partial charge is 3.00 e. The van der Waals surface area contributed by atoms with Gasteiger partial charge in [0.15, 0.2) is 17.3 Å². The fraction of sp³-hybridized carbons (Fsp3) is 0. The van der Waals surface area contributed by atoms with Crippen LogP contribution >= 0.6 is 0 Å². The van der Waals surface area contributed by atoms with Gasteiger partial charge in [0.2, 0.25) is 0 Å². The van der Waals surface area contributed by atoms with Crippen LogP contribution in [0.5, 0.6) is 0 Å². The molecule has 0 aliphatic heterocycles. The average Bonchev–Trinajstić information content (AvgIpc) is 3.51. The maximum atomic E-state index is 11.8. The normalized spacial score (nSPS) is 11.0. The Kier molecular flexibility index (Phi) is 21.3. The van der Waals surface area contributed by atoms with E-state index in [2.05, 4.69) is 82.8 Å². The third kappa shape index (κ3) is 15.8. The van der Waals surface area contributed by atoms with Gasteiger partial charge in [0.25, 0.3) is 0 Å². The summed E-state index contributed by atoms with van der Waals surface area (Å²) in [4.78, 5) is 44.6. The first-order valence-corrected chi connectivity index (χ1v) is 24.6. The maximum absolute atomic E-state index is 11.8. The molecule has 0 amide bonds. The van der Waals surface area contributed by atoms with Crippen molar-refractivity contribution in [3.63, 3.8) is 0 Å². The Morgan fingerprint density at radius 3 is 0.744 bits per heavy atom. The molecule has 8 nitrogen and oxygen atoms in total. The second-order valence-corrected chi connectivity index (χ2v) is 17.1. The summed E-state index contributed by atoms with van der Waals surface area (Å²) < 4.78 is 0. The smallest absolute Gasteiger partial charge is 0.872 e. The number of rotatable bonds is 11. The number of hydrogen-bond donors (Lipinski definition) is 0. The van der Waals surface area contributed by atoms with Gasteiger partial charge in [-0.1, -0.05) is 272 Å². The Balaban J connectivity index is 0.000000154. The molecule has 2 heterocycles. The van der Waals surface area contributed by atoms with Crippen molar-refractivity contribution in [3.05, 3.63) is 331 Å².